The van der Waals surface area contributed by atoms with Crippen molar-refractivity contribution in [3.05, 3.63) is 53.1 Å². The summed E-state index contributed by atoms with van der Waals surface area (Å²) in [6.07, 6.45) is 2.68. The molecule has 128 valence electrons. The monoisotopic (exact) mass is 329 g/mol. The summed E-state index contributed by atoms with van der Waals surface area (Å²) in [6.45, 7) is 6.91. The molecule has 1 aromatic heterocycles. The van der Waals surface area contributed by atoms with Crippen LogP contribution in [0.15, 0.2) is 30.5 Å². The van der Waals surface area contributed by atoms with Crippen LogP contribution in [-0.4, -0.2) is 31.2 Å². The zero-order valence-electron chi connectivity index (χ0n) is 14.5. The molecule has 1 aliphatic rings. The molecule has 24 heavy (non-hydrogen) atoms. The normalized spacial score (nSPS) is 17.3. The lowest BCUT2D eigenvalue weighted by atomic mass is 10.0. The highest BCUT2D eigenvalue weighted by atomic mass is 19.1. The van der Waals surface area contributed by atoms with E-state index in [-0.39, 0.29) is 0 Å². The van der Waals surface area contributed by atoms with E-state index < -0.39 is 5.95 Å². The Morgan fingerprint density at radius 2 is 2.12 bits per heavy atom. The van der Waals surface area contributed by atoms with Crippen molar-refractivity contribution in [3.8, 4) is 5.75 Å². The van der Waals surface area contributed by atoms with Crippen LogP contribution < -0.4 is 15.0 Å². The second-order valence-corrected chi connectivity index (χ2v) is 6.40. The number of halogens is 1. The van der Waals surface area contributed by atoms with Gasteiger partial charge in [-0.2, -0.15) is 4.39 Å². The number of ether oxygens (including phenoxy) is 1. The smallest absolute Gasteiger partial charge is 0.212 e. The van der Waals surface area contributed by atoms with Crippen molar-refractivity contribution < 1.29 is 9.13 Å². The van der Waals surface area contributed by atoms with Gasteiger partial charge in [-0.15, -0.1) is 0 Å². The van der Waals surface area contributed by atoms with Crippen molar-refractivity contribution in [1.82, 2.24) is 10.3 Å². The summed E-state index contributed by atoms with van der Waals surface area (Å²) in [7, 11) is 1.71. The largest absolute Gasteiger partial charge is 0.496 e. The van der Waals surface area contributed by atoms with E-state index in [0.717, 1.165) is 43.1 Å². The van der Waals surface area contributed by atoms with Crippen molar-refractivity contribution in [1.29, 1.82) is 0 Å². The summed E-state index contributed by atoms with van der Waals surface area (Å²) in [5.74, 6) is 0.505. The van der Waals surface area contributed by atoms with Gasteiger partial charge in [0.05, 0.1) is 19.0 Å². The van der Waals surface area contributed by atoms with E-state index in [2.05, 4.69) is 41.2 Å². The summed E-state index contributed by atoms with van der Waals surface area (Å²) in [6, 6.07) is 7.92. The molecule has 1 fully saturated rings. The number of nitrogens with zero attached hydrogens (tertiary/aromatic N) is 2. The van der Waals surface area contributed by atoms with Crippen LogP contribution in [0.1, 0.15) is 23.1 Å². The Balaban J connectivity index is 1.58. The lowest BCUT2D eigenvalue weighted by Gasteiger charge is -2.19. The predicted molar refractivity (Wildman–Crippen MR) is 94.1 cm³/mol. The minimum absolute atomic E-state index is 0.428. The molecule has 0 spiro atoms. The maximum absolute atomic E-state index is 12.9. The number of aryl methyl sites for hydroxylation is 2. The second kappa shape index (κ2) is 7.18. The van der Waals surface area contributed by atoms with Gasteiger partial charge >= 0.3 is 0 Å². The molecular formula is C19H24FN3O. The third-order valence-corrected chi connectivity index (χ3v) is 4.70. The van der Waals surface area contributed by atoms with Gasteiger partial charge in [0.15, 0.2) is 0 Å². The quantitative estimate of drug-likeness (QED) is 0.855. The van der Waals surface area contributed by atoms with Crippen LogP contribution >= 0.6 is 0 Å². The molecule has 1 N–H and O–H groups in total. The molecule has 3 rings (SSSR count). The molecule has 0 saturated carbocycles. The molecule has 0 bridgehead atoms. The topological polar surface area (TPSA) is 37.4 Å². The molecule has 0 unspecified atom stereocenters. The Morgan fingerprint density at radius 1 is 1.29 bits per heavy atom. The number of methoxy groups -OCH3 is 1. The van der Waals surface area contributed by atoms with E-state index in [9.17, 15) is 4.39 Å². The average Bonchev–Trinajstić information content (AvgIpc) is 3.05. The molecule has 1 aromatic carbocycles. The average molecular weight is 329 g/mol. The van der Waals surface area contributed by atoms with Gasteiger partial charge in [-0.3, -0.25) is 0 Å². The van der Waals surface area contributed by atoms with Crippen molar-refractivity contribution in [3.63, 3.8) is 0 Å². The van der Waals surface area contributed by atoms with Crippen LogP contribution in [0.25, 0.3) is 0 Å². The number of anilines is 1. The van der Waals surface area contributed by atoms with Gasteiger partial charge in [0.1, 0.15) is 5.75 Å². The van der Waals surface area contributed by atoms with Gasteiger partial charge in [-0.1, -0.05) is 6.07 Å². The Morgan fingerprint density at radius 3 is 2.83 bits per heavy atom. The minimum Gasteiger partial charge on any atom is -0.496 e. The summed E-state index contributed by atoms with van der Waals surface area (Å²) in [5, 5.41) is 3.64. The molecule has 5 heteroatoms. The molecule has 1 saturated heterocycles. The van der Waals surface area contributed by atoms with Gasteiger partial charge in [-0.05, 0) is 55.2 Å². The summed E-state index contributed by atoms with van der Waals surface area (Å²) >= 11 is 0. The van der Waals surface area contributed by atoms with Crippen molar-refractivity contribution in [2.45, 2.75) is 32.9 Å². The van der Waals surface area contributed by atoms with Crippen LogP contribution in [0.2, 0.25) is 0 Å². The summed E-state index contributed by atoms with van der Waals surface area (Å²) in [5.41, 5.74) is 4.68. The first-order valence-corrected chi connectivity index (χ1v) is 8.31. The number of aromatic nitrogens is 1. The number of benzene rings is 1. The first kappa shape index (κ1) is 16.7. The Hall–Kier alpha value is -2.14. The zero-order valence-corrected chi connectivity index (χ0v) is 14.5. The van der Waals surface area contributed by atoms with E-state index in [1.54, 1.807) is 19.4 Å². The third kappa shape index (κ3) is 3.67. The fraction of sp³-hybridized carbons (Fsp3) is 0.421. The van der Waals surface area contributed by atoms with E-state index >= 15 is 0 Å². The molecule has 2 aromatic rings. The van der Waals surface area contributed by atoms with E-state index in [4.69, 9.17) is 4.74 Å². The SMILES string of the molecule is COc1cc(C)c(CN[C@H]2CCN(c3ccc(F)nc3)C2)cc1C. The van der Waals surface area contributed by atoms with Crippen LogP contribution in [-0.2, 0) is 6.54 Å². The fourth-order valence-electron chi connectivity index (χ4n) is 3.23. The molecule has 0 aliphatic carbocycles. The first-order valence-electron chi connectivity index (χ1n) is 8.31. The van der Waals surface area contributed by atoms with Gasteiger partial charge in [0.2, 0.25) is 5.95 Å². The molecule has 1 aliphatic heterocycles. The summed E-state index contributed by atoms with van der Waals surface area (Å²) in [4.78, 5) is 5.99. The van der Waals surface area contributed by atoms with Crippen molar-refractivity contribution >= 4 is 5.69 Å². The Kier molecular flexibility index (Phi) is 5.00. The molecule has 4 nitrogen and oxygen atoms in total. The van der Waals surface area contributed by atoms with E-state index in [0.29, 0.717) is 6.04 Å². The van der Waals surface area contributed by atoms with Gasteiger partial charge in [0, 0.05) is 25.7 Å². The molecule has 0 radical (unpaired) electrons. The lowest BCUT2D eigenvalue weighted by molar-refractivity contribution is 0.411. The number of nitrogens with one attached hydrogen (secondary N) is 1. The maximum atomic E-state index is 12.9. The van der Waals surface area contributed by atoms with Crippen LogP contribution in [0.3, 0.4) is 0 Å². The summed E-state index contributed by atoms with van der Waals surface area (Å²) < 4.78 is 18.3. The third-order valence-electron chi connectivity index (χ3n) is 4.70. The predicted octanol–water partition coefficient (Wildman–Crippen LogP) is 3.21. The molecular weight excluding hydrogens is 305 g/mol. The van der Waals surface area contributed by atoms with Gasteiger partial charge in [0.25, 0.3) is 0 Å². The first-order chi connectivity index (χ1) is 11.6. The number of pyridine rings is 1. The number of rotatable bonds is 5. The lowest BCUT2D eigenvalue weighted by Crippen LogP contribution is -2.32. The zero-order chi connectivity index (χ0) is 17.1. The second-order valence-electron chi connectivity index (χ2n) is 6.40. The van der Waals surface area contributed by atoms with Crippen molar-refractivity contribution in [2.24, 2.45) is 0 Å². The Bertz CT molecular complexity index is 703. The highest BCUT2D eigenvalue weighted by molar-refractivity contribution is 5.45. The van der Waals surface area contributed by atoms with Gasteiger partial charge < -0.3 is 15.0 Å². The standard InChI is InChI=1S/C19H24FN3O/c1-13-9-18(24-3)14(2)8-15(13)10-21-16-6-7-23(12-16)17-4-5-19(20)22-11-17/h4-5,8-9,11,16,21H,6-7,10,12H2,1-3H3/t16-/m0/s1. The Labute approximate surface area is 142 Å². The fourth-order valence-corrected chi connectivity index (χ4v) is 3.23. The van der Waals surface area contributed by atoms with Crippen LogP contribution in [0.5, 0.6) is 5.75 Å². The van der Waals surface area contributed by atoms with E-state index in [1.165, 1.54) is 17.2 Å². The highest BCUT2D eigenvalue weighted by Gasteiger charge is 2.22. The van der Waals surface area contributed by atoms with E-state index in [1.807, 2.05) is 0 Å². The van der Waals surface area contributed by atoms with Gasteiger partial charge in [-0.25, -0.2) is 4.98 Å². The molecule has 0 amide bonds. The van der Waals surface area contributed by atoms with Crippen molar-refractivity contribution in [2.75, 3.05) is 25.1 Å². The minimum atomic E-state index is -0.432. The van der Waals surface area contributed by atoms with Crippen LogP contribution in [0.4, 0.5) is 10.1 Å². The molecule has 2 heterocycles. The van der Waals surface area contributed by atoms with Crippen LogP contribution in [0, 0.1) is 19.8 Å². The number of hydrogen-bond donors (Lipinski definition) is 1. The number of hydrogen-bond acceptors (Lipinski definition) is 4. The molecule has 1 atom stereocenters. The highest BCUT2D eigenvalue weighted by Crippen LogP contribution is 2.23. The maximum Gasteiger partial charge on any atom is 0.212 e.